The third kappa shape index (κ3) is 3.13. The summed E-state index contributed by atoms with van der Waals surface area (Å²) in [5.74, 6) is -0.321. The van der Waals surface area contributed by atoms with Gasteiger partial charge in [-0.15, -0.1) is 0 Å². The number of nitrogens with two attached hydrogens (primary N) is 1. The second-order valence-corrected chi connectivity index (χ2v) is 4.09. The molecule has 20 heavy (non-hydrogen) atoms. The first kappa shape index (κ1) is 14.0. The number of ether oxygens (including phenoxy) is 1. The van der Waals surface area contributed by atoms with Crippen LogP contribution in [0.5, 0.6) is 6.01 Å². The molecule has 0 saturated carbocycles. The lowest BCUT2D eigenvalue weighted by Gasteiger charge is -2.08. The Morgan fingerprint density at radius 3 is 2.50 bits per heavy atom. The predicted octanol–water partition coefficient (Wildman–Crippen LogP) is 1.45. The van der Waals surface area contributed by atoms with Gasteiger partial charge in [-0.3, -0.25) is 0 Å². The zero-order chi connectivity index (χ0) is 14.9. The van der Waals surface area contributed by atoms with E-state index in [4.69, 9.17) is 10.5 Å². The topological polar surface area (TPSA) is 91.7 Å². The van der Waals surface area contributed by atoms with Gasteiger partial charge in [-0.05, 0) is 19.9 Å². The monoisotopic (exact) mass is 288 g/mol. The number of hydrogen-bond donors (Lipinski definition) is 1. The molecule has 0 aliphatic heterocycles. The molecule has 0 radical (unpaired) electrons. The van der Waals surface area contributed by atoms with E-state index < -0.39 is 11.9 Å². The summed E-state index contributed by atoms with van der Waals surface area (Å²) in [5.41, 5.74) is 4.41. The average molecular weight is 288 g/mol. The van der Waals surface area contributed by atoms with Crippen LogP contribution in [0.4, 0.5) is 19.1 Å². The first-order valence-corrected chi connectivity index (χ1v) is 5.57. The van der Waals surface area contributed by atoms with E-state index in [2.05, 4.69) is 20.1 Å². The molecule has 0 aliphatic rings. The maximum absolute atomic E-state index is 12.5. The molecule has 108 valence electrons. The van der Waals surface area contributed by atoms with E-state index in [0.29, 0.717) is 0 Å². The minimum atomic E-state index is -4.54. The van der Waals surface area contributed by atoms with Crippen molar-refractivity contribution in [1.82, 2.24) is 24.7 Å². The molecule has 0 bridgehead atoms. The zero-order valence-electron chi connectivity index (χ0n) is 10.6. The van der Waals surface area contributed by atoms with Crippen LogP contribution in [0.1, 0.15) is 19.5 Å². The van der Waals surface area contributed by atoms with Crippen molar-refractivity contribution in [1.29, 1.82) is 0 Å². The summed E-state index contributed by atoms with van der Waals surface area (Å²) in [7, 11) is 0. The molecule has 2 aromatic heterocycles. The third-order valence-corrected chi connectivity index (χ3v) is 2.05. The fourth-order valence-corrected chi connectivity index (χ4v) is 1.31. The fraction of sp³-hybridized carbons (Fsp3) is 0.400. The Hall–Kier alpha value is -2.39. The van der Waals surface area contributed by atoms with Crippen molar-refractivity contribution in [2.45, 2.75) is 26.1 Å². The molecule has 2 aromatic rings. The Balaban J connectivity index is 2.37. The van der Waals surface area contributed by atoms with Crippen LogP contribution in [-0.4, -0.2) is 30.8 Å². The van der Waals surface area contributed by atoms with Crippen molar-refractivity contribution < 1.29 is 17.9 Å². The first-order valence-electron chi connectivity index (χ1n) is 5.57. The van der Waals surface area contributed by atoms with Gasteiger partial charge in [0.2, 0.25) is 5.95 Å². The number of halogens is 3. The lowest BCUT2D eigenvalue weighted by atomic mass is 10.4. The highest BCUT2D eigenvalue weighted by Crippen LogP contribution is 2.27. The maximum Gasteiger partial charge on any atom is 0.435 e. The molecule has 2 heterocycles. The first-order chi connectivity index (χ1) is 9.25. The standard InChI is InChI=1S/C10H11F3N6O/c1-5(2)20-9-16-7(14)15-8(17-9)19-4-3-6(18-19)10(11,12)13/h3-5H,1-2H3,(H2,14,15,16,17). The van der Waals surface area contributed by atoms with E-state index in [9.17, 15) is 13.2 Å². The summed E-state index contributed by atoms with van der Waals surface area (Å²) in [6, 6.07) is 0.731. The van der Waals surface area contributed by atoms with E-state index in [1.807, 2.05) is 0 Å². The summed E-state index contributed by atoms with van der Waals surface area (Å²) in [5, 5.41) is 3.34. The largest absolute Gasteiger partial charge is 0.461 e. The van der Waals surface area contributed by atoms with Gasteiger partial charge in [-0.1, -0.05) is 0 Å². The second-order valence-electron chi connectivity index (χ2n) is 4.09. The van der Waals surface area contributed by atoms with Gasteiger partial charge in [-0.25, -0.2) is 4.68 Å². The lowest BCUT2D eigenvalue weighted by Crippen LogP contribution is -2.14. The summed E-state index contributed by atoms with van der Waals surface area (Å²) in [6.07, 6.45) is -3.68. The van der Waals surface area contributed by atoms with E-state index in [1.165, 1.54) is 0 Å². The van der Waals surface area contributed by atoms with Crippen molar-refractivity contribution in [3.63, 3.8) is 0 Å². The maximum atomic E-state index is 12.5. The Morgan fingerprint density at radius 1 is 1.25 bits per heavy atom. The molecule has 0 amide bonds. The number of aromatic nitrogens is 5. The Kier molecular flexibility index (Phi) is 3.47. The van der Waals surface area contributed by atoms with Crippen LogP contribution in [0.25, 0.3) is 5.95 Å². The number of hydrogen-bond acceptors (Lipinski definition) is 6. The van der Waals surface area contributed by atoms with Crippen molar-refractivity contribution in [3.8, 4) is 12.0 Å². The van der Waals surface area contributed by atoms with Crippen LogP contribution < -0.4 is 10.5 Å². The number of anilines is 1. The highest BCUT2D eigenvalue weighted by atomic mass is 19.4. The Labute approximate surface area is 111 Å². The van der Waals surface area contributed by atoms with Crippen LogP contribution in [-0.2, 0) is 6.18 Å². The summed E-state index contributed by atoms with van der Waals surface area (Å²) >= 11 is 0. The molecule has 0 aromatic carbocycles. The van der Waals surface area contributed by atoms with Gasteiger partial charge in [0, 0.05) is 6.20 Å². The summed E-state index contributed by atoms with van der Waals surface area (Å²) in [4.78, 5) is 11.3. The van der Waals surface area contributed by atoms with E-state index in [0.717, 1.165) is 16.9 Å². The smallest absolute Gasteiger partial charge is 0.435 e. The molecule has 0 saturated heterocycles. The molecule has 0 unspecified atom stereocenters. The van der Waals surface area contributed by atoms with Crippen molar-refractivity contribution >= 4 is 5.95 Å². The summed E-state index contributed by atoms with van der Waals surface area (Å²) < 4.78 is 43.5. The zero-order valence-corrected chi connectivity index (χ0v) is 10.6. The van der Waals surface area contributed by atoms with Gasteiger partial charge < -0.3 is 10.5 Å². The highest BCUT2D eigenvalue weighted by Gasteiger charge is 2.33. The normalized spacial score (nSPS) is 11.9. The van der Waals surface area contributed by atoms with E-state index in [-0.39, 0.29) is 24.0 Å². The number of rotatable bonds is 3. The van der Waals surface area contributed by atoms with Crippen LogP contribution in [0.3, 0.4) is 0 Å². The summed E-state index contributed by atoms with van der Waals surface area (Å²) in [6.45, 7) is 3.49. The molecular weight excluding hydrogens is 277 g/mol. The molecule has 2 rings (SSSR count). The molecule has 10 heteroatoms. The van der Waals surface area contributed by atoms with E-state index >= 15 is 0 Å². The number of alkyl halides is 3. The fourth-order valence-electron chi connectivity index (χ4n) is 1.31. The molecule has 0 aliphatic carbocycles. The minimum absolute atomic E-state index is 0.0773. The van der Waals surface area contributed by atoms with Gasteiger partial charge >= 0.3 is 12.2 Å². The number of nitrogen functional groups attached to an aromatic ring is 1. The van der Waals surface area contributed by atoms with Crippen molar-refractivity contribution in [2.75, 3.05) is 5.73 Å². The van der Waals surface area contributed by atoms with Crippen LogP contribution in [0, 0.1) is 0 Å². The van der Waals surface area contributed by atoms with Crippen LogP contribution in [0.15, 0.2) is 12.3 Å². The van der Waals surface area contributed by atoms with Gasteiger partial charge in [0.05, 0.1) is 6.10 Å². The predicted molar refractivity (Wildman–Crippen MR) is 62.1 cm³/mol. The highest BCUT2D eigenvalue weighted by molar-refractivity contribution is 5.25. The lowest BCUT2D eigenvalue weighted by molar-refractivity contribution is -0.141. The van der Waals surface area contributed by atoms with Crippen molar-refractivity contribution in [3.05, 3.63) is 18.0 Å². The molecule has 0 fully saturated rings. The molecule has 2 N–H and O–H groups in total. The minimum Gasteiger partial charge on any atom is -0.461 e. The third-order valence-electron chi connectivity index (χ3n) is 2.05. The molecular formula is C10H11F3N6O. The second kappa shape index (κ2) is 4.94. The van der Waals surface area contributed by atoms with E-state index in [1.54, 1.807) is 13.8 Å². The van der Waals surface area contributed by atoms with Crippen LogP contribution in [0.2, 0.25) is 0 Å². The number of nitrogens with zero attached hydrogens (tertiary/aromatic N) is 5. The van der Waals surface area contributed by atoms with Gasteiger partial charge in [0.1, 0.15) is 0 Å². The van der Waals surface area contributed by atoms with Gasteiger partial charge in [0.15, 0.2) is 5.69 Å². The average Bonchev–Trinajstić information content (AvgIpc) is 2.75. The Bertz CT molecular complexity index is 609. The van der Waals surface area contributed by atoms with Crippen LogP contribution >= 0.6 is 0 Å². The SMILES string of the molecule is CC(C)Oc1nc(N)nc(-n2ccc(C(F)(F)F)n2)n1. The van der Waals surface area contributed by atoms with Gasteiger partial charge in [-0.2, -0.15) is 33.2 Å². The van der Waals surface area contributed by atoms with Crippen molar-refractivity contribution in [2.24, 2.45) is 0 Å². The Morgan fingerprint density at radius 2 is 1.95 bits per heavy atom. The molecule has 7 nitrogen and oxygen atoms in total. The molecule has 0 spiro atoms. The molecule has 0 atom stereocenters. The van der Waals surface area contributed by atoms with Gasteiger partial charge in [0.25, 0.3) is 5.95 Å². The quantitative estimate of drug-likeness (QED) is 0.919.